The molecule has 0 amide bonds. The van der Waals surface area contributed by atoms with Crippen molar-refractivity contribution in [3.63, 3.8) is 0 Å². The quantitative estimate of drug-likeness (QED) is 0.173. The van der Waals surface area contributed by atoms with Crippen molar-refractivity contribution in [3.05, 3.63) is 150 Å². The van der Waals surface area contributed by atoms with Gasteiger partial charge in [0.25, 0.3) is 0 Å². The summed E-state index contributed by atoms with van der Waals surface area (Å²) >= 11 is 0. The van der Waals surface area contributed by atoms with Gasteiger partial charge < -0.3 is 4.90 Å². The summed E-state index contributed by atoms with van der Waals surface area (Å²) < 4.78 is 0. The average molecular weight is 652 g/mol. The summed E-state index contributed by atoms with van der Waals surface area (Å²) in [6, 6.07) is 49.0. The van der Waals surface area contributed by atoms with E-state index in [-0.39, 0.29) is 5.41 Å². The molecule has 0 unspecified atom stereocenters. The molecule has 3 aliphatic carbocycles. The van der Waals surface area contributed by atoms with E-state index in [1.807, 2.05) is 0 Å². The summed E-state index contributed by atoms with van der Waals surface area (Å²) in [5.74, 6) is 1.42. The van der Waals surface area contributed by atoms with Crippen molar-refractivity contribution >= 4 is 27.8 Å². The van der Waals surface area contributed by atoms with Crippen molar-refractivity contribution in [3.8, 4) is 22.3 Å². The molecule has 0 atom stereocenters. The van der Waals surface area contributed by atoms with Crippen LogP contribution in [-0.4, -0.2) is 0 Å². The summed E-state index contributed by atoms with van der Waals surface area (Å²) in [7, 11) is 0. The second kappa shape index (κ2) is 12.9. The molecule has 9 rings (SSSR count). The molecule has 0 spiro atoms. The number of rotatable bonds is 6. The van der Waals surface area contributed by atoms with Crippen LogP contribution < -0.4 is 4.90 Å². The molecule has 6 aromatic rings. The maximum Gasteiger partial charge on any atom is 0.0465 e. The Balaban J connectivity index is 1.10. The third kappa shape index (κ3) is 5.65. The van der Waals surface area contributed by atoms with Crippen molar-refractivity contribution in [1.29, 1.82) is 0 Å². The van der Waals surface area contributed by atoms with Crippen molar-refractivity contribution in [2.24, 2.45) is 0 Å². The van der Waals surface area contributed by atoms with Gasteiger partial charge in [0, 0.05) is 22.5 Å². The molecule has 0 aliphatic heterocycles. The lowest BCUT2D eigenvalue weighted by Gasteiger charge is -2.29. The first-order chi connectivity index (χ1) is 24.5. The van der Waals surface area contributed by atoms with Gasteiger partial charge in [-0.15, -0.1) is 0 Å². The van der Waals surface area contributed by atoms with E-state index in [1.165, 1.54) is 137 Å². The largest absolute Gasteiger partial charge is 0.310 e. The third-order valence-electron chi connectivity index (χ3n) is 12.5. The van der Waals surface area contributed by atoms with Gasteiger partial charge in [-0.3, -0.25) is 0 Å². The van der Waals surface area contributed by atoms with Crippen LogP contribution in [0.5, 0.6) is 0 Å². The first-order valence-corrected chi connectivity index (χ1v) is 19.3. The van der Waals surface area contributed by atoms with Gasteiger partial charge in [-0.05, 0) is 141 Å². The van der Waals surface area contributed by atoms with Gasteiger partial charge in [0.05, 0.1) is 0 Å². The molecular weight excluding hydrogens is 603 g/mol. The maximum atomic E-state index is 2.50. The molecule has 0 saturated heterocycles. The highest BCUT2D eigenvalue weighted by atomic mass is 15.1. The molecule has 3 aliphatic rings. The monoisotopic (exact) mass is 651 g/mol. The Morgan fingerprint density at radius 1 is 0.440 bits per heavy atom. The Hall–Kier alpha value is -4.62. The first-order valence-electron chi connectivity index (χ1n) is 19.3. The molecule has 0 radical (unpaired) electrons. The van der Waals surface area contributed by atoms with Crippen LogP contribution in [0.15, 0.2) is 127 Å². The molecule has 0 heterocycles. The van der Waals surface area contributed by atoms with Gasteiger partial charge in [0.15, 0.2) is 0 Å². The summed E-state index contributed by atoms with van der Waals surface area (Å²) in [4.78, 5) is 2.50. The maximum absolute atomic E-state index is 2.50. The molecule has 6 aromatic carbocycles. The first kappa shape index (κ1) is 31.4. The smallest absolute Gasteiger partial charge is 0.0465 e. The zero-order valence-electron chi connectivity index (χ0n) is 29.8. The van der Waals surface area contributed by atoms with Gasteiger partial charge in [-0.25, -0.2) is 0 Å². The van der Waals surface area contributed by atoms with Gasteiger partial charge >= 0.3 is 0 Å². The lowest BCUT2D eigenvalue weighted by molar-refractivity contribution is 0.443. The molecule has 2 fully saturated rings. The molecule has 1 heteroatoms. The van der Waals surface area contributed by atoms with E-state index in [0.717, 1.165) is 0 Å². The third-order valence-corrected chi connectivity index (χ3v) is 12.5. The molecule has 2 saturated carbocycles. The summed E-state index contributed by atoms with van der Waals surface area (Å²) in [6.45, 7) is 4.80. The number of hydrogen-bond donors (Lipinski definition) is 0. The SMILES string of the molecule is CC1(C)c2ccc(-c3ccc4ccccc4c3)cc2-c2ccc(N(c3ccc(C4CCCCC4)cc3)c3ccc(C4CCCCC4)cc3)cc21. The highest BCUT2D eigenvalue weighted by Gasteiger charge is 2.36. The van der Waals surface area contributed by atoms with E-state index in [4.69, 9.17) is 0 Å². The van der Waals surface area contributed by atoms with Crippen LogP contribution in [0.1, 0.15) is 112 Å². The van der Waals surface area contributed by atoms with Crippen molar-refractivity contribution < 1.29 is 0 Å². The average Bonchev–Trinajstić information content (AvgIpc) is 3.41. The Labute approximate surface area is 299 Å². The minimum Gasteiger partial charge on any atom is -0.310 e. The molecule has 50 heavy (non-hydrogen) atoms. The fraction of sp³-hybridized carbons (Fsp3) is 0.306. The standard InChI is InChI=1S/C49H49N/c1-49(2)47-30-23-41(40-18-17-36-15-9-10-16-39(36)31-40)32-46(47)45-29-28-44(33-48(45)49)50(42-24-19-37(20-25-42)34-11-5-3-6-12-34)43-26-21-38(22-27-43)35-13-7-4-8-14-35/h9-10,15-35H,3-8,11-14H2,1-2H3. The van der Waals surface area contributed by atoms with Gasteiger partial charge in [0.1, 0.15) is 0 Å². The van der Waals surface area contributed by atoms with Crippen molar-refractivity contribution in [2.75, 3.05) is 4.90 Å². The Bertz CT molecular complexity index is 2080. The van der Waals surface area contributed by atoms with Gasteiger partial charge in [0.2, 0.25) is 0 Å². The van der Waals surface area contributed by atoms with E-state index in [1.54, 1.807) is 0 Å². The van der Waals surface area contributed by atoms with Crippen LogP contribution in [0, 0.1) is 0 Å². The van der Waals surface area contributed by atoms with Gasteiger partial charge in [-0.2, -0.15) is 0 Å². The lowest BCUT2D eigenvalue weighted by Crippen LogP contribution is -2.16. The molecule has 250 valence electrons. The molecule has 0 bridgehead atoms. The normalized spacial score (nSPS) is 17.4. The van der Waals surface area contributed by atoms with Crippen LogP contribution in [0.3, 0.4) is 0 Å². The second-order valence-electron chi connectivity index (χ2n) is 15.9. The van der Waals surface area contributed by atoms with E-state index in [2.05, 4.69) is 146 Å². The van der Waals surface area contributed by atoms with Crippen molar-refractivity contribution in [1.82, 2.24) is 0 Å². The van der Waals surface area contributed by atoms with E-state index < -0.39 is 0 Å². The Morgan fingerprint density at radius 3 is 1.60 bits per heavy atom. The van der Waals surface area contributed by atoms with Crippen LogP contribution in [0.2, 0.25) is 0 Å². The predicted molar refractivity (Wildman–Crippen MR) is 213 cm³/mol. The highest BCUT2D eigenvalue weighted by Crippen LogP contribution is 2.52. The number of benzene rings is 6. The summed E-state index contributed by atoms with van der Waals surface area (Å²) in [6.07, 6.45) is 13.6. The van der Waals surface area contributed by atoms with E-state index in [0.29, 0.717) is 11.8 Å². The number of fused-ring (bicyclic) bond motifs is 4. The van der Waals surface area contributed by atoms with Crippen LogP contribution in [-0.2, 0) is 5.41 Å². The topological polar surface area (TPSA) is 3.24 Å². The van der Waals surface area contributed by atoms with Gasteiger partial charge in [-0.1, -0.05) is 131 Å². The summed E-state index contributed by atoms with van der Waals surface area (Å²) in [5, 5.41) is 2.57. The number of anilines is 3. The van der Waals surface area contributed by atoms with Crippen LogP contribution >= 0.6 is 0 Å². The lowest BCUT2D eigenvalue weighted by atomic mass is 9.82. The number of nitrogens with zero attached hydrogens (tertiary/aromatic N) is 1. The minimum absolute atomic E-state index is 0.0933. The molecule has 0 N–H and O–H groups in total. The highest BCUT2D eigenvalue weighted by molar-refractivity contribution is 5.91. The minimum atomic E-state index is -0.0933. The predicted octanol–water partition coefficient (Wildman–Crippen LogP) is 14.4. The zero-order chi connectivity index (χ0) is 33.7. The Morgan fingerprint density at radius 2 is 0.980 bits per heavy atom. The zero-order valence-corrected chi connectivity index (χ0v) is 29.8. The van der Waals surface area contributed by atoms with E-state index >= 15 is 0 Å². The van der Waals surface area contributed by atoms with E-state index in [9.17, 15) is 0 Å². The fourth-order valence-electron chi connectivity index (χ4n) is 9.54. The second-order valence-corrected chi connectivity index (χ2v) is 15.9. The molecular formula is C49H49N. The van der Waals surface area contributed by atoms with Crippen LogP contribution in [0.4, 0.5) is 17.1 Å². The Kier molecular flexibility index (Phi) is 8.11. The van der Waals surface area contributed by atoms with Crippen molar-refractivity contribution in [2.45, 2.75) is 95.3 Å². The fourth-order valence-corrected chi connectivity index (χ4v) is 9.54. The van der Waals surface area contributed by atoms with Crippen LogP contribution in [0.25, 0.3) is 33.0 Å². The molecule has 0 aromatic heterocycles. The molecule has 1 nitrogen and oxygen atoms in total. The number of hydrogen-bond acceptors (Lipinski definition) is 1. The summed E-state index contributed by atoms with van der Waals surface area (Å²) in [5.41, 5.74) is 14.7.